The number of carboxylic acids is 1. The van der Waals surface area contributed by atoms with E-state index in [4.69, 9.17) is 4.42 Å². The first-order valence-electron chi connectivity index (χ1n) is 5.37. The minimum absolute atomic E-state index is 0.408. The van der Waals surface area contributed by atoms with Crippen molar-refractivity contribution < 1.29 is 14.3 Å². The van der Waals surface area contributed by atoms with Crippen LogP contribution in [0.5, 0.6) is 0 Å². The summed E-state index contributed by atoms with van der Waals surface area (Å²) >= 11 is 4.96. The Kier molecular flexibility index (Phi) is 4.57. The molecule has 0 aliphatic rings. The van der Waals surface area contributed by atoms with E-state index < -0.39 is 12.0 Å². The first kappa shape index (κ1) is 13.3. The fraction of sp³-hybridized carbons (Fsp3) is 0.250. The monoisotopic (exact) mass is 329 g/mol. The maximum absolute atomic E-state index is 11.2. The molecule has 0 bridgehead atoms. The average molecular weight is 330 g/mol. The highest BCUT2D eigenvalue weighted by Gasteiger charge is 2.19. The number of carboxylic acid groups (broad SMARTS) is 1. The molecule has 6 heteroatoms. The van der Waals surface area contributed by atoms with Gasteiger partial charge < -0.3 is 9.52 Å². The summed E-state index contributed by atoms with van der Waals surface area (Å²) in [6.45, 7) is 0.408. The zero-order valence-electron chi connectivity index (χ0n) is 9.43. The SMILES string of the molecule is O=C(O)C(Cc1ccsc1Br)NCc1ccco1. The molecule has 0 aromatic carbocycles. The van der Waals surface area contributed by atoms with Crippen LogP contribution in [0.25, 0.3) is 0 Å². The number of nitrogens with one attached hydrogen (secondary N) is 1. The van der Waals surface area contributed by atoms with Crippen molar-refractivity contribution in [3.05, 3.63) is 45.0 Å². The zero-order valence-corrected chi connectivity index (χ0v) is 11.8. The summed E-state index contributed by atoms with van der Waals surface area (Å²) in [5, 5.41) is 14.1. The first-order chi connectivity index (χ1) is 8.66. The Labute approximate surface area is 117 Å². The number of rotatable bonds is 6. The molecule has 0 aliphatic heterocycles. The summed E-state index contributed by atoms with van der Waals surface area (Å²) in [4.78, 5) is 11.2. The molecule has 0 amide bonds. The lowest BCUT2D eigenvalue weighted by Crippen LogP contribution is -2.37. The number of aliphatic carboxylic acids is 1. The summed E-state index contributed by atoms with van der Waals surface area (Å²) in [6.07, 6.45) is 2.02. The number of furan rings is 1. The Morgan fingerprint density at radius 3 is 2.94 bits per heavy atom. The van der Waals surface area contributed by atoms with E-state index in [1.165, 1.54) is 0 Å². The normalized spacial score (nSPS) is 12.5. The second-order valence-corrected chi connectivity index (χ2v) is 6.01. The van der Waals surface area contributed by atoms with Gasteiger partial charge in [0.1, 0.15) is 11.8 Å². The summed E-state index contributed by atoms with van der Waals surface area (Å²) in [7, 11) is 0. The summed E-state index contributed by atoms with van der Waals surface area (Å²) in [5.74, 6) is -0.134. The molecule has 0 radical (unpaired) electrons. The van der Waals surface area contributed by atoms with Gasteiger partial charge in [0.15, 0.2) is 0 Å². The maximum Gasteiger partial charge on any atom is 0.321 e. The Hall–Kier alpha value is -1.11. The quantitative estimate of drug-likeness (QED) is 0.855. The van der Waals surface area contributed by atoms with Crippen LogP contribution in [0.15, 0.2) is 38.0 Å². The fourth-order valence-electron chi connectivity index (χ4n) is 1.57. The van der Waals surface area contributed by atoms with Crippen LogP contribution in [-0.2, 0) is 17.8 Å². The van der Waals surface area contributed by atoms with Gasteiger partial charge in [-0.3, -0.25) is 10.1 Å². The molecule has 2 heterocycles. The van der Waals surface area contributed by atoms with Gasteiger partial charge in [-0.1, -0.05) is 0 Å². The third-order valence-electron chi connectivity index (χ3n) is 2.52. The molecule has 0 fully saturated rings. The van der Waals surface area contributed by atoms with Crippen LogP contribution >= 0.6 is 27.3 Å². The molecule has 18 heavy (non-hydrogen) atoms. The third kappa shape index (κ3) is 3.44. The summed E-state index contributed by atoms with van der Waals surface area (Å²) in [6, 6.07) is 4.90. The first-order valence-corrected chi connectivity index (χ1v) is 7.04. The van der Waals surface area contributed by atoms with E-state index >= 15 is 0 Å². The van der Waals surface area contributed by atoms with E-state index in [0.717, 1.165) is 15.1 Å². The molecule has 0 saturated heterocycles. The van der Waals surface area contributed by atoms with E-state index in [2.05, 4.69) is 21.2 Å². The number of thiophene rings is 1. The van der Waals surface area contributed by atoms with Crippen LogP contribution in [0.2, 0.25) is 0 Å². The lowest BCUT2D eigenvalue weighted by atomic mass is 10.1. The van der Waals surface area contributed by atoms with Gasteiger partial charge in [-0.2, -0.15) is 0 Å². The predicted octanol–water partition coefficient (Wildman–Crippen LogP) is 2.89. The van der Waals surface area contributed by atoms with Crippen LogP contribution in [-0.4, -0.2) is 17.1 Å². The average Bonchev–Trinajstić information content (AvgIpc) is 2.96. The van der Waals surface area contributed by atoms with Gasteiger partial charge in [-0.05, 0) is 45.1 Å². The van der Waals surface area contributed by atoms with Crippen LogP contribution < -0.4 is 5.32 Å². The molecule has 1 unspecified atom stereocenters. The standard InChI is InChI=1S/C12H12BrNO3S/c13-11-8(3-5-18-11)6-10(12(15)16)14-7-9-2-1-4-17-9/h1-5,10,14H,6-7H2,(H,15,16). The second-order valence-electron chi connectivity index (χ2n) is 3.77. The fourth-order valence-corrected chi connectivity index (χ4v) is 2.84. The van der Waals surface area contributed by atoms with Crippen LogP contribution in [0.4, 0.5) is 0 Å². The van der Waals surface area contributed by atoms with Crippen molar-refractivity contribution in [2.24, 2.45) is 0 Å². The van der Waals surface area contributed by atoms with E-state index in [1.54, 1.807) is 23.7 Å². The van der Waals surface area contributed by atoms with Crippen molar-refractivity contribution in [3.63, 3.8) is 0 Å². The maximum atomic E-state index is 11.2. The molecular formula is C12H12BrNO3S. The highest BCUT2D eigenvalue weighted by molar-refractivity contribution is 9.11. The Balaban J connectivity index is 1.96. The molecule has 2 N–H and O–H groups in total. The third-order valence-corrected chi connectivity index (χ3v) is 4.33. The topological polar surface area (TPSA) is 62.5 Å². The Morgan fingerprint density at radius 2 is 2.39 bits per heavy atom. The highest BCUT2D eigenvalue weighted by Crippen LogP contribution is 2.24. The van der Waals surface area contributed by atoms with Gasteiger partial charge in [0.25, 0.3) is 0 Å². The van der Waals surface area contributed by atoms with Gasteiger partial charge in [-0.15, -0.1) is 11.3 Å². The number of carbonyl (C=O) groups is 1. The highest BCUT2D eigenvalue weighted by atomic mass is 79.9. The van der Waals surface area contributed by atoms with Gasteiger partial charge in [0.05, 0.1) is 16.6 Å². The van der Waals surface area contributed by atoms with E-state index in [1.807, 2.05) is 17.5 Å². The van der Waals surface area contributed by atoms with Crippen molar-refractivity contribution in [2.75, 3.05) is 0 Å². The zero-order chi connectivity index (χ0) is 13.0. The molecule has 4 nitrogen and oxygen atoms in total. The van der Waals surface area contributed by atoms with E-state index in [-0.39, 0.29) is 0 Å². The largest absolute Gasteiger partial charge is 0.480 e. The van der Waals surface area contributed by atoms with E-state index in [9.17, 15) is 9.90 Å². The minimum atomic E-state index is -0.861. The van der Waals surface area contributed by atoms with Crippen LogP contribution in [0.3, 0.4) is 0 Å². The van der Waals surface area contributed by atoms with Crippen molar-refractivity contribution in [3.8, 4) is 0 Å². The van der Waals surface area contributed by atoms with E-state index in [0.29, 0.717) is 13.0 Å². The smallest absolute Gasteiger partial charge is 0.321 e. The molecule has 0 spiro atoms. The number of hydrogen-bond acceptors (Lipinski definition) is 4. The second kappa shape index (κ2) is 6.17. The molecular weight excluding hydrogens is 318 g/mol. The summed E-state index contributed by atoms with van der Waals surface area (Å²) in [5.41, 5.74) is 0.999. The van der Waals surface area contributed by atoms with Gasteiger partial charge in [0, 0.05) is 6.42 Å². The molecule has 2 aromatic heterocycles. The molecule has 96 valence electrons. The van der Waals surface area contributed by atoms with Gasteiger partial charge in [-0.25, -0.2) is 0 Å². The van der Waals surface area contributed by atoms with Gasteiger partial charge >= 0.3 is 5.97 Å². The lowest BCUT2D eigenvalue weighted by Gasteiger charge is -2.13. The van der Waals surface area contributed by atoms with Gasteiger partial charge in [0.2, 0.25) is 0 Å². The number of hydrogen-bond donors (Lipinski definition) is 2. The summed E-state index contributed by atoms with van der Waals surface area (Å²) < 4.78 is 6.14. The van der Waals surface area contributed by atoms with Crippen LogP contribution in [0.1, 0.15) is 11.3 Å². The molecule has 2 aromatic rings. The minimum Gasteiger partial charge on any atom is -0.480 e. The van der Waals surface area contributed by atoms with Crippen LogP contribution in [0, 0.1) is 0 Å². The molecule has 1 atom stereocenters. The Morgan fingerprint density at radius 1 is 1.56 bits per heavy atom. The van der Waals surface area contributed by atoms with Crippen molar-refractivity contribution >= 4 is 33.2 Å². The van der Waals surface area contributed by atoms with Crippen molar-refractivity contribution in [1.29, 1.82) is 0 Å². The van der Waals surface area contributed by atoms with Crippen molar-refractivity contribution in [1.82, 2.24) is 5.32 Å². The Bertz CT molecular complexity index is 509. The molecule has 0 saturated carbocycles. The molecule has 0 aliphatic carbocycles. The molecule has 2 rings (SSSR count). The predicted molar refractivity (Wildman–Crippen MR) is 72.7 cm³/mol. The number of halogens is 1. The lowest BCUT2D eigenvalue weighted by molar-refractivity contribution is -0.139. The van der Waals surface area contributed by atoms with Crippen molar-refractivity contribution in [2.45, 2.75) is 19.0 Å².